The van der Waals surface area contributed by atoms with Crippen LogP contribution in [0.5, 0.6) is 5.88 Å². The molecule has 0 aliphatic rings. The zero-order chi connectivity index (χ0) is 9.68. The van der Waals surface area contributed by atoms with Crippen molar-refractivity contribution in [3.63, 3.8) is 0 Å². The van der Waals surface area contributed by atoms with Gasteiger partial charge in [-0.1, -0.05) is 13.8 Å². The number of hydrogen-bond donors (Lipinski definition) is 1. The Balaban J connectivity index is 0.000000396. The second-order valence-electron chi connectivity index (χ2n) is 2.26. The average molecular weight is 178 g/mol. The lowest BCUT2D eigenvalue weighted by molar-refractivity contribution is 0.402. The third-order valence-corrected chi connectivity index (χ3v) is 1.63. The van der Waals surface area contributed by atoms with Crippen LogP contribution in [-0.2, 0) is 0 Å². The third kappa shape index (κ3) is 1.80. The summed E-state index contributed by atoms with van der Waals surface area (Å²) in [6.07, 6.45) is 3.60. The Bertz CT molecular complexity index is 368. The molecule has 0 saturated carbocycles. The van der Waals surface area contributed by atoms with Crippen LogP contribution in [0, 0.1) is 0 Å². The monoisotopic (exact) mass is 178 g/mol. The average Bonchev–Trinajstić information content (AvgIpc) is 2.68. The van der Waals surface area contributed by atoms with E-state index in [9.17, 15) is 0 Å². The van der Waals surface area contributed by atoms with Crippen molar-refractivity contribution in [2.45, 2.75) is 13.8 Å². The number of nitrogens with zero attached hydrogens (tertiary/aromatic N) is 1. The van der Waals surface area contributed by atoms with Gasteiger partial charge in [-0.05, 0) is 12.1 Å². The fraction of sp³-hybridized carbons (Fsp3) is 0.300. The highest BCUT2D eigenvalue weighted by molar-refractivity contribution is 5.83. The van der Waals surface area contributed by atoms with Crippen LogP contribution in [0.1, 0.15) is 13.8 Å². The molecule has 0 radical (unpaired) electrons. The predicted molar refractivity (Wildman–Crippen MR) is 54.0 cm³/mol. The summed E-state index contributed by atoms with van der Waals surface area (Å²) in [6, 6.07) is 3.92. The number of aromatic nitrogens is 2. The van der Waals surface area contributed by atoms with Gasteiger partial charge in [-0.3, -0.25) is 0 Å². The SMILES string of the molecule is CC.COc1nccc2cc[nH]c12. The summed E-state index contributed by atoms with van der Waals surface area (Å²) < 4.78 is 5.04. The molecule has 0 bridgehead atoms. The standard InChI is InChI=1S/C8H8N2O.C2H6/c1-11-8-7-6(2-4-9-7)3-5-10-8;1-2/h2-5,9H,1H3;1-2H3. The number of ether oxygens (including phenoxy) is 1. The minimum Gasteiger partial charge on any atom is -0.479 e. The highest BCUT2D eigenvalue weighted by Gasteiger charge is 2.00. The fourth-order valence-corrected chi connectivity index (χ4v) is 1.11. The smallest absolute Gasteiger partial charge is 0.238 e. The number of fused-ring (bicyclic) bond motifs is 1. The van der Waals surface area contributed by atoms with Crippen molar-refractivity contribution >= 4 is 10.9 Å². The molecule has 2 aromatic rings. The number of rotatable bonds is 1. The minimum absolute atomic E-state index is 0.646. The fourth-order valence-electron chi connectivity index (χ4n) is 1.11. The van der Waals surface area contributed by atoms with E-state index in [1.54, 1.807) is 13.3 Å². The highest BCUT2D eigenvalue weighted by Crippen LogP contribution is 2.19. The van der Waals surface area contributed by atoms with Crippen molar-refractivity contribution in [3.05, 3.63) is 24.5 Å². The Kier molecular flexibility index (Phi) is 3.31. The molecule has 3 heteroatoms. The van der Waals surface area contributed by atoms with Gasteiger partial charge >= 0.3 is 0 Å². The molecule has 0 spiro atoms. The molecule has 0 saturated heterocycles. The zero-order valence-electron chi connectivity index (χ0n) is 8.16. The molecule has 1 N–H and O–H groups in total. The third-order valence-electron chi connectivity index (χ3n) is 1.63. The number of methoxy groups -OCH3 is 1. The van der Waals surface area contributed by atoms with E-state index in [0.29, 0.717) is 5.88 Å². The van der Waals surface area contributed by atoms with Gasteiger partial charge in [0.05, 0.1) is 7.11 Å². The second-order valence-corrected chi connectivity index (χ2v) is 2.26. The van der Waals surface area contributed by atoms with Crippen molar-refractivity contribution in [1.29, 1.82) is 0 Å². The van der Waals surface area contributed by atoms with E-state index < -0.39 is 0 Å². The topological polar surface area (TPSA) is 37.9 Å². The molecule has 2 heterocycles. The molecule has 2 aromatic heterocycles. The van der Waals surface area contributed by atoms with Crippen LogP contribution in [0.15, 0.2) is 24.5 Å². The number of nitrogens with one attached hydrogen (secondary N) is 1. The number of pyridine rings is 1. The van der Waals surface area contributed by atoms with Gasteiger partial charge < -0.3 is 9.72 Å². The lowest BCUT2D eigenvalue weighted by Crippen LogP contribution is -1.86. The van der Waals surface area contributed by atoms with Gasteiger partial charge in [-0.25, -0.2) is 4.98 Å². The molecule has 0 atom stereocenters. The van der Waals surface area contributed by atoms with Crippen LogP contribution < -0.4 is 4.74 Å². The molecule has 0 amide bonds. The van der Waals surface area contributed by atoms with Crippen molar-refractivity contribution in [2.24, 2.45) is 0 Å². The van der Waals surface area contributed by atoms with Crippen LogP contribution in [-0.4, -0.2) is 17.1 Å². The Morgan fingerprint density at radius 1 is 1.31 bits per heavy atom. The molecule has 0 fully saturated rings. The molecule has 70 valence electrons. The molecular weight excluding hydrogens is 164 g/mol. The van der Waals surface area contributed by atoms with Crippen LogP contribution in [0.3, 0.4) is 0 Å². The van der Waals surface area contributed by atoms with Gasteiger partial charge in [0.2, 0.25) is 5.88 Å². The molecular formula is C10H14N2O. The van der Waals surface area contributed by atoms with E-state index in [-0.39, 0.29) is 0 Å². The molecule has 0 unspecified atom stereocenters. The number of hydrogen-bond acceptors (Lipinski definition) is 2. The van der Waals surface area contributed by atoms with Gasteiger partial charge in [-0.15, -0.1) is 0 Å². The maximum Gasteiger partial charge on any atom is 0.238 e. The van der Waals surface area contributed by atoms with Crippen molar-refractivity contribution in [2.75, 3.05) is 7.11 Å². The summed E-state index contributed by atoms with van der Waals surface area (Å²) in [5.41, 5.74) is 0.954. The van der Waals surface area contributed by atoms with Gasteiger partial charge in [0.1, 0.15) is 5.52 Å². The summed E-state index contributed by atoms with van der Waals surface area (Å²) in [5, 5.41) is 1.12. The first-order valence-corrected chi connectivity index (χ1v) is 4.38. The zero-order valence-corrected chi connectivity index (χ0v) is 8.16. The summed E-state index contributed by atoms with van der Waals surface area (Å²) in [6.45, 7) is 4.00. The Labute approximate surface area is 77.8 Å². The van der Waals surface area contributed by atoms with Crippen molar-refractivity contribution in [1.82, 2.24) is 9.97 Å². The first kappa shape index (κ1) is 9.58. The van der Waals surface area contributed by atoms with E-state index in [1.807, 2.05) is 32.2 Å². The first-order chi connectivity index (χ1) is 6.42. The van der Waals surface area contributed by atoms with Gasteiger partial charge in [-0.2, -0.15) is 0 Å². The van der Waals surface area contributed by atoms with Crippen molar-refractivity contribution < 1.29 is 4.74 Å². The molecule has 0 aromatic carbocycles. The molecule has 3 nitrogen and oxygen atoms in total. The molecule has 13 heavy (non-hydrogen) atoms. The quantitative estimate of drug-likeness (QED) is 0.728. The second kappa shape index (κ2) is 4.50. The summed E-state index contributed by atoms with van der Waals surface area (Å²) >= 11 is 0. The summed E-state index contributed by atoms with van der Waals surface area (Å²) in [4.78, 5) is 7.10. The largest absolute Gasteiger partial charge is 0.479 e. The van der Waals surface area contributed by atoms with Gasteiger partial charge in [0.25, 0.3) is 0 Å². The molecule has 0 aliphatic carbocycles. The van der Waals surface area contributed by atoms with Crippen LogP contribution in [0.25, 0.3) is 10.9 Å². The summed E-state index contributed by atoms with van der Waals surface area (Å²) in [7, 11) is 1.61. The maximum atomic E-state index is 5.04. The first-order valence-electron chi connectivity index (χ1n) is 4.38. The molecule has 0 aliphatic heterocycles. The van der Waals surface area contributed by atoms with E-state index in [4.69, 9.17) is 4.74 Å². The minimum atomic E-state index is 0.646. The van der Waals surface area contributed by atoms with E-state index >= 15 is 0 Å². The predicted octanol–water partition coefficient (Wildman–Crippen LogP) is 2.60. The normalized spacial score (nSPS) is 9.15. The number of H-pyrrole nitrogens is 1. The Hall–Kier alpha value is -1.51. The van der Waals surface area contributed by atoms with Gasteiger partial charge in [0, 0.05) is 17.8 Å². The molecule has 2 rings (SSSR count). The van der Waals surface area contributed by atoms with E-state index in [0.717, 1.165) is 10.9 Å². The van der Waals surface area contributed by atoms with Crippen molar-refractivity contribution in [3.8, 4) is 5.88 Å². The highest BCUT2D eigenvalue weighted by atomic mass is 16.5. The van der Waals surface area contributed by atoms with Crippen LogP contribution in [0.2, 0.25) is 0 Å². The van der Waals surface area contributed by atoms with E-state index in [2.05, 4.69) is 9.97 Å². The lowest BCUT2D eigenvalue weighted by atomic mass is 10.3. The maximum absolute atomic E-state index is 5.04. The van der Waals surface area contributed by atoms with Crippen LogP contribution in [0.4, 0.5) is 0 Å². The summed E-state index contributed by atoms with van der Waals surface area (Å²) in [5.74, 6) is 0.646. The Morgan fingerprint density at radius 3 is 2.77 bits per heavy atom. The lowest BCUT2D eigenvalue weighted by Gasteiger charge is -1.97. The number of aromatic amines is 1. The van der Waals surface area contributed by atoms with Gasteiger partial charge in [0.15, 0.2) is 0 Å². The Morgan fingerprint density at radius 2 is 2.08 bits per heavy atom. The van der Waals surface area contributed by atoms with Crippen LogP contribution >= 0.6 is 0 Å². The van der Waals surface area contributed by atoms with E-state index in [1.165, 1.54) is 0 Å².